The summed E-state index contributed by atoms with van der Waals surface area (Å²) in [4.78, 5) is 28.2. The van der Waals surface area contributed by atoms with Gasteiger partial charge in [-0.15, -0.1) is 0 Å². The molecule has 7 nitrogen and oxygen atoms in total. The highest BCUT2D eigenvalue weighted by atomic mass is 16.6. The molecule has 0 bridgehead atoms. The molecule has 1 N–H and O–H groups in total. The highest BCUT2D eigenvalue weighted by Gasteiger charge is 2.29. The zero-order valence-electron chi connectivity index (χ0n) is 19.9. The van der Waals surface area contributed by atoms with Crippen molar-refractivity contribution >= 4 is 23.4 Å². The molecule has 2 aliphatic heterocycles. The quantitative estimate of drug-likeness (QED) is 0.740. The number of rotatable bonds is 4. The first-order valence-electron chi connectivity index (χ1n) is 11.6. The standard InChI is InChI=1S/C26H33N3O4/c1-26(2,3)33-25(31)28-15-12-20(13-16-28)32-23-7-5-6-22-21(23)14-17-29(22)19-10-8-18(9-11-19)24(30)27-4/h5-11,20H,12-17H2,1-4H3,(H,27,30). The number of carbonyl (C=O) groups excluding carboxylic acids is 2. The molecule has 0 spiro atoms. The van der Waals surface area contributed by atoms with E-state index >= 15 is 0 Å². The summed E-state index contributed by atoms with van der Waals surface area (Å²) in [5, 5.41) is 2.65. The molecule has 1 fully saturated rings. The second-order valence-corrected chi connectivity index (χ2v) is 9.57. The summed E-state index contributed by atoms with van der Waals surface area (Å²) in [6.45, 7) is 7.80. The monoisotopic (exact) mass is 451 g/mol. The predicted octanol–water partition coefficient (Wildman–Crippen LogP) is 4.52. The molecule has 33 heavy (non-hydrogen) atoms. The fourth-order valence-electron chi connectivity index (χ4n) is 4.38. The first-order valence-corrected chi connectivity index (χ1v) is 11.6. The van der Waals surface area contributed by atoms with Crippen molar-refractivity contribution in [3.05, 3.63) is 53.6 Å². The summed E-state index contributed by atoms with van der Waals surface area (Å²) in [5.41, 5.74) is 3.58. The molecule has 2 heterocycles. The van der Waals surface area contributed by atoms with E-state index < -0.39 is 5.60 Å². The van der Waals surface area contributed by atoms with Crippen LogP contribution in [-0.2, 0) is 11.2 Å². The molecule has 2 aliphatic rings. The Morgan fingerprint density at radius 3 is 2.33 bits per heavy atom. The molecule has 0 unspecified atom stereocenters. The zero-order chi connectivity index (χ0) is 23.6. The molecule has 0 atom stereocenters. The van der Waals surface area contributed by atoms with Crippen LogP contribution in [0.3, 0.4) is 0 Å². The Morgan fingerprint density at radius 2 is 1.70 bits per heavy atom. The average molecular weight is 452 g/mol. The first-order chi connectivity index (χ1) is 15.7. The number of nitrogens with zero attached hydrogens (tertiary/aromatic N) is 2. The van der Waals surface area contributed by atoms with Gasteiger partial charge >= 0.3 is 6.09 Å². The van der Waals surface area contributed by atoms with Gasteiger partial charge in [-0.25, -0.2) is 4.79 Å². The van der Waals surface area contributed by atoms with Crippen molar-refractivity contribution in [3.8, 4) is 5.75 Å². The number of hydrogen-bond donors (Lipinski definition) is 1. The molecule has 2 amide bonds. The number of nitrogens with one attached hydrogen (secondary N) is 1. The van der Waals surface area contributed by atoms with Crippen LogP contribution in [0.4, 0.5) is 16.2 Å². The minimum absolute atomic E-state index is 0.0797. The molecular weight excluding hydrogens is 418 g/mol. The number of amides is 2. The van der Waals surface area contributed by atoms with Crippen LogP contribution in [0.1, 0.15) is 49.5 Å². The van der Waals surface area contributed by atoms with Crippen LogP contribution < -0.4 is 15.0 Å². The average Bonchev–Trinajstić information content (AvgIpc) is 3.23. The van der Waals surface area contributed by atoms with Crippen molar-refractivity contribution in [1.82, 2.24) is 10.2 Å². The third kappa shape index (κ3) is 5.24. The van der Waals surface area contributed by atoms with Gasteiger partial charge in [0.2, 0.25) is 0 Å². The van der Waals surface area contributed by atoms with E-state index in [-0.39, 0.29) is 18.1 Å². The summed E-state index contributed by atoms with van der Waals surface area (Å²) < 4.78 is 11.9. The molecule has 0 saturated carbocycles. The lowest BCUT2D eigenvalue weighted by Gasteiger charge is -2.33. The number of likely N-dealkylation sites (tertiary alicyclic amines) is 1. The molecule has 2 aromatic rings. The van der Waals surface area contributed by atoms with E-state index in [1.54, 1.807) is 11.9 Å². The maximum absolute atomic E-state index is 12.3. The van der Waals surface area contributed by atoms with E-state index in [1.807, 2.05) is 57.2 Å². The smallest absolute Gasteiger partial charge is 0.410 e. The Kier molecular flexibility index (Phi) is 6.49. The van der Waals surface area contributed by atoms with E-state index in [1.165, 1.54) is 5.56 Å². The van der Waals surface area contributed by atoms with Gasteiger partial charge < -0.3 is 24.6 Å². The number of piperidine rings is 1. The normalized spacial score (nSPS) is 16.4. The van der Waals surface area contributed by atoms with Gasteiger partial charge in [0.15, 0.2) is 0 Å². The van der Waals surface area contributed by atoms with E-state index in [9.17, 15) is 9.59 Å². The van der Waals surface area contributed by atoms with Gasteiger partial charge in [-0.1, -0.05) is 6.07 Å². The van der Waals surface area contributed by atoms with Crippen LogP contribution in [0.15, 0.2) is 42.5 Å². The van der Waals surface area contributed by atoms with Crippen molar-refractivity contribution in [2.24, 2.45) is 0 Å². The van der Waals surface area contributed by atoms with Gasteiger partial charge in [0, 0.05) is 62.0 Å². The first kappa shape index (κ1) is 23.0. The third-order valence-electron chi connectivity index (χ3n) is 6.04. The lowest BCUT2D eigenvalue weighted by Crippen LogP contribution is -2.44. The molecule has 4 rings (SSSR count). The summed E-state index contributed by atoms with van der Waals surface area (Å²) >= 11 is 0. The topological polar surface area (TPSA) is 71.1 Å². The minimum atomic E-state index is -0.483. The highest BCUT2D eigenvalue weighted by Crippen LogP contribution is 2.40. The van der Waals surface area contributed by atoms with E-state index in [0.717, 1.165) is 42.9 Å². The van der Waals surface area contributed by atoms with E-state index in [2.05, 4.69) is 16.3 Å². The molecule has 1 saturated heterocycles. The van der Waals surface area contributed by atoms with Crippen LogP contribution in [-0.4, -0.2) is 55.3 Å². The van der Waals surface area contributed by atoms with Crippen LogP contribution in [0.2, 0.25) is 0 Å². The van der Waals surface area contributed by atoms with Crippen molar-refractivity contribution in [2.45, 2.75) is 51.7 Å². The van der Waals surface area contributed by atoms with E-state index in [4.69, 9.17) is 9.47 Å². The number of fused-ring (bicyclic) bond motifs is 1. The largest absolute Gasteiger partial charge is 0.490 e. The Hall–Kier alpha value is -3.22. The lowest BCUT2D eigenvalue weighted by atomic mass is 10.1. The predicted molar refractivity (Wildman–Crippen MR) is 128 cm³/mol. The second kappa shape index (κ2) is 9.33. The lowest BCUT2D eigenvalue weighted by molar-refractivity contribution is 0.0126. The third-order valence-corrected chi connectivity index (χ3v) is 6.04. The SMILES string of the molecule is CNC(=O)c1ccc(N2CCc3c(OC4CCN(C(=O)OC(C)(C)C)CC4)cccc32)cc1. The molecule has 2 aromatic carbocycles. The number of anilines is 2. The van der Waals surface area contributed by atoms with Gasteiger partial charge in [0.1, 0.15) is 17.5 Å². The number of benzene rings is 2. The van der Waals surface area contributed by atoms with Crippen LogP contribution in [0.5, 0.6) is 5.75 Å². The van der Waals surface area contributed by atoms with Gasteiger partial charge in [0.25, 0.3) is 5.91 Å². The van der Waals surface area contributed by atoms with Gasteiger partial charge in [-0.3, -0.25) is 4.79 Å². The highest BCUT2D eigenvalue weighted by molar-refractivity contribution is 5.94. The maximum atomic E-state index is 12.3. The van der Waals surface area contributed by atoms with Crippen molar-refractivity contribution in [2.75, 3.05) is 31.6 Å². The number of ether oxygens (including phenoxy) is 2. The molecule has 7 heteroatoms. The second-order valence-electron chi connectivity index (χ2n) is 9.57. The van der Waals surface area contributed by atoms with Crippen LogP contribution in [0.25, 0.3) is 0 Å². The Balaban J connectivity index is 1.40. The van der Waals surface area contributed by atoms with Gasteiger partial charge in [-0.2, -0.15) is 0 Å². The van der Waals surface area contributed by atoms with Gasteiger partial charge in [-0.05, 0) is 63.6 Å². The molecular formula is C26H33N3O4. The fourth-order valence-corrected chi connectivity index (χ4v) is 4.38. The fraction of sp³-hybridized carbons (Fsp3) is 0.462. The minimum Gasteiger partial charge on any atom is -0.490 e. The van der Waals surface area contributed by atoms with Crippen molar-refractivity contribution < 1.29 is 19.1 Å². The summed E-state index contributed by atoms with van der Waals surface area (Å²) in [7, 11) is 1.63. The number of hydrogen-bond acceptors (Lipinski definition) is 5. The van der Waals surface area contributed by atoms with E-state index in [0.29, 0.717) is 18.7 Å². The van der Waals surface area contributed by atoms with Crippen molar-refractivity contribution in [1.29, 1.82) is 0 Å². The molecule has 0 radical (unpaired) electrons. The molecule has 0 aliphatic carbocycles. The van der Waals surface area contributed by atoms with Crippen LogP contribution in [0, 0.1) is 0 Å². The zero-order valence-corrected chi connectivity index (χ0v) is 19.9. The Labute approximate surface area is 195 Å². The maximum Gasteiger partial charge on any atom is 0.410 e. The summed E-state index contributed by atoms with van der Waals surface area (Å²) in [6.07, 6.45) is 2.30. The van der Waals surface area contributed by atoms with Crippen molar-refractivity contribution in [3.63, 3.8) is 0 Å². The summed E-state index contributed by atoms with van der Waals surface area (Å²) in [5.74, 6) is 0.837. The Bertz CT molecular complexity index is 1010. The summed E-state index contributed by atoms with van der Waals surface area (Å²) in [6, 6.07) is 13.9. The Morgan fingerprint density at radius 1 is 1.00 bits per heavy atom. The van der Waals surface area contributed by atoms with Crippen LogP contribution >= 0.6 is 0 Å². The molecule has 0 aromatic heterocycles. The molecule has 176 valence electrons. The van der Waals surface area contributed by atoms with Gasteiger partial charge in [0.05, 0.1) is 0 Å². The number of carbonyl (C=O) groups is 2.